The molecule has 0 heterocycles. The van der Waals surface area contributed by atoms with Gasteiger partial charge in [-0.3, -0.25) is 9.59 Å². The number of nitrogens with one attached hydrogen (secondary N) is 2. The molecule has 8 nitrogen and oxygen atoms in total. The highest BCUT2D eigenvalue weighted by molar-refractivity contribution is 7.89. The molecule has 1 aromatic rings. The van der Waals surface area contributed by atoms with Gasteiger partial charge in [0.1, 0.15) is 17.0 Å². The fourth-order valence-electron chi connectivity index (χ4n) is 3.29. The number of rotatable bonds is 7. The quantitative estimate of drug-likeness (QED) is 0.434. The van der Waals surface area contributed by atoms with Gasteiger partial charge in [-0.1, -0.05) is 39.3 Å². The molecule has 162 valence electrons. The van der Waals surface area contributed by atoms with Crippen molar-refractivity contribution in [3.8, 4) is 5.75 Å². The molecule has 1 saturated carbocycles. The molecular weight excluding hydrogens is 418 g/mol. The van der Waals surface area contributed by atoms with Crippen LogP contribution in [0.25, 0.3) is 0 Å². The average molecular weight is 446 g/mol. The molecule has 0 bridgehead atoms. The lowest BCUT2D eigenvalue weighted by Gasteiger charge is -2.41. The standard InChI is InChI=1S/C19H28ClN3O5S/c1-7-12(19(2,3)4)22-14-13(16(25)17(14)26)21-11-9-8-10(20)18(15(11)24)29(27,28)23(5)6/h8-9,12-14,21-22,24H,7H2,1-6H3. The maximum Gasteiger partial charge on any atom is 0.247 e. The Kier molecular flexibility index (Phi) is 6.69. The van der Waals surface area contributed by atoms with E-state index in [9.17, 15) is 23.1 Å². The molecule has 1 aliphatic carbocycles. The molecule has 3 N–H and O–H groups in total. The maximum absolute atomic E-state index is 12.5. The fraction of sp³-hybridized carbons (Fsp3) is 0.579. The Morgan fingerprint density at radius 2 is 1.72 bits per heavy atom. The van der Waals surface area contributed by atoms with Crippen molar-refractivity contribution in [2.24, 2.45) is 5.41 Å². The highest BCUT2D eigenvalue weighted by atomic mass is 35.5. The lowest BCUT2D eigenvalue weighted by Crippen LogP contribution is -2.69. The van der Waals surface area contributed by atoms with Gasteiger partial charge in [0.25, 0.3) is 0 Å². The summed E-state index contributed by atoms with van der Waals surface area (Å²) in [5.41, 5.74) is -0.121. The largest absolute Gasteiger partial charge is 0.504 e. The first kappa shape index (κ1) is 23.6. The minimum atomic E-state index is -4.02. The number of hydrogen-bond donors (Lipinski definition) is 3. The summed E-state index contributed by atoms with van der Waals surface area (Å²) in [7, 11) is -1.39. The van der Waals surface area contributed by atoms with E-state index in [0.717, 1.165) is 10.7 Å². The predicted octanol–water partition coefficient (Wildman–Crippen LogP) is 2.01. The number of halogens is 1. The normalized spacial score (nSPS) is 21.2. The smallest absolute Gasteiger partial charge is 0.247 e. The Balaban J connectivity index is 2.36. The van der Waals surface area contributed by atoms with Crippen molar-refractivity contribution in [1.82, 2.24) is 9.62 Å². The van der Waals surface area contributed by atoms with Crippen LogP contribution in [0.5, 0.6) is 5.75 Å². The van der Waals surface area contributed by atoms with Crippen LogP contribution in [-0.4, -0.2) is 61.6 Å². The number of hydrogen-bond acceptors (Lipinski definition) is 7. The number of ketones is 2. The number of nitrogens with zero attached hydrogens (tertiary/aromatic N) is 1. The second kappa shape index (κ2) is 8.22. The van der Waals surface area contributed by atoms with Crippen LogP contribution in [0.15, 0.2) is 17.0 Å². The third-order valence-corrected chi connectivity index (χ3v) is 7.43. The van der Waals surface area contributed by atoms with Gasteiger partial charge >= 0.3 is 0 Å². The Morgan fingerprint density at radius 3 is 2.21 bits per heavy atom. The first-order valence-corrected chi connectivity index (χ1v) is 11.1. The zero-order valence-electron chi connectivity index (χ0n) is 17.4. The minimum Gasteiger partial charge on any atom is -0.504 e. The molecule has 10 heteroatoms. The van der Waals surface area contributed by atoms with Crippen LogP contribution in [0.1, 0.15) is 34.1 Å². The topological polar surface area (TPSA) is 116 Å². The van der Waals surface area contributed by atoms with E-state index in [1.807, 2.05) is 27.7 Å². The van der Waals surface area contributed by atoms with Crippen molar-refractivity contribution in [2.45, 2.75) is 57.1 Å². The van der Waals surface area contributed by atoms with E-state index >= 15 is 0 Å². The summed E-state index contributed by atoms with van der Waals surface area (Å²) in [4.78, 5) is 23.9. The van der Waals surface area contributed by atoms with Gasteiger partial charge in [0, 0.05) is 20.1 Å². The molecule has 29 heavy (non-hydrogen) atoms. The van der Waals surface area contributed by atoms with Gasteiger partial charge in [0.05, 0.1) is 10.7 Å². The molecule has 0 radical (unpaired) electrons. The van der Waals surface area contributed by atoms with Crippen LogP contribution >= 0.6 is 11.6 Å². The summed E-state index contributed by atoms with van der Waals surface area (Å²) in [5, 5.41) is 16.4. The summed E-state index contributed by atoms with van der Waals surface area (Å²) in [6.45, 7) is 8.08. The van der Waals surface area contributed by atoms with Gasteiger partial charge in [-0.2, -0.15) is 0 Å². The molecule has 2 rings (SSSR count). The van der Waals surface area contributed by atoms with Crippen LogP contribution < -0.4 is 10.6 Å². The molecule has 1 aromatic carbocycles. The minimum absolute atomic E-state index is 0.0104. The zero-order chi connectivity index (χ0) is 22.3. The van der Waals surface area contributed by atoms with E-state index in [1.165, 1.54) is 26.2 Å². The van der Waals surface area contributed by atoms with Crippen molar-refractivity contribution in [3.05, 3.63) is 17.2 Å². The molecule has 3 unspecified atom stereocenters. The second-order valence-electron chi connectivity index (χ2n) is 8.38. The van der Waals surface area contributed by atoms with Crippen LogP contribution in [-0.2, 0) is 19.6 Å². The van der Waals surface area contributed by atoms with Crippen LogP contribution in [0.4, 0.5) is 5.69 Å². The summed E-state index contributed by atoms with van der Waals surface area (Å²) < 4.78 is 25.9. The highest BCUT2D eigenvalue weighted by Crippen LogP contribution is 2.39. The Bertz CT molecular complexity index is 925. The highest BCUT2D eigenvalue weighted by Gasteiger charge is 2.50. The number of phenols is 1. The molecule has 0 aliphatic heterocycles. The number of carbonyl (C=O) groups excluding carboxylic acids is 2. The molecule has 0 saturated heterocycles. The van der Waals surface area contributed by atoms with E-state index in [0.29, 0.717) is 0 Å². The molecule has 3 atom stereocenters. The number of sulfonamides is 1. The molecule has 1 fully saturated rings. The number of carbonyl (C=O) groups is 2. The van der Waals surface area contributed by atoms with Crippen LogP contribution in [0.2, 0.25) is 5.02 Å². The fourth-order valence-corrected chi connectivity index (χ4v) is 4.77. The number of aromatic hydroxyl groups is 1. The number of phenolic OH excluding ortho intramolecular Hbond substituents is 1. The van der Waals surface area contributed by atoms with Crippen molar-refractivity contribution in [3.63, 3.8) is 0 Å². The van der Waals surface area contributed by atoms with Gasteiger partial charge in [-0.15, -0.1) is 0 Å². The Morgan fingerprint density at radius 1 is 1.17 bits per heavy atom. The molecule has 1 aliphatic rings. The monoisotopic (exact) mass is 445 g/mol. The number of anilines is 1. The van der Waals surface area contributed by atoms with E-state index in [-0.39, 0.29) is 22.2 Å². The van der Waals surface area contributed by atoms with Gasteiger partial charge < -0.3 is 15.7 Å². The van der Waals surface area contributed by atoms with E-state index < -0.39 is 44.3 Å². The maximum atomic E-state index is 12.5. The number of Topliss-reactive ketones (excluding diaryl/α,β-unsaturated/α-hetero) is 2. The zero-order valence-corrected chi connectivity index (χ0v) is 19.0. The van der Waals surface area contributed by atoms with E-state index in [1.54, 1.807) is 0 Å². The van der Waals surface area contributed by atoms with E-state index in [4.69, 9.17) is 11.6 Å². The van der Waals surface area contributed by atoms with Gasteiger partial charge in [-0.25, -0.2) is 12.7 Å². The third-order valence-electron chi connectivity index (χ3n) is 5.11. The van der Waals surface area contributed by atoms with E-state index in [2.05, 4.69) is 10.6 Å². The van der Waals surface area contributed by atoms with Crippen molar-refractivity contribution in [2.75, 3.05) is 19.4 Å². The van der Waals surface area contributed by atoms with Crippen LogP contribution in [0, 0.1) is 5.41 Å². The predicted molar refractivity (Wildman–Crippen MR) is 112 cm³/mol. The van der Waals surface area contributed by atoms with Crippen LogP contribution in [0.3, 0.4) is 0 Å². The lowest BCUT2D eigenvalue weighted by atomic mass is 9.78. The summed E-state index contributed by atoms with van der Waals surface area (Å²) >= 11 is 6.01. The molecule has 0 amide bonds. The third kappa shape index (κ3) is 4.42. The molecule has 0 aromatic heterocycles. The van der Waals surface area contributed by atoms with Crippen molar-refractivity contribution in [1.29, 1.82) is 0 Å². The summed E-state index contributed by atoms with van der Waals surface area (Å²) in [6, 6.07) is 0.992. The lowest BCUT2D eigenvalue weighted by molar-refractivity contribution is -0.146. The SMILES string of the molecule is CCC(NC1C(=O)C(=O)C1Nc1ccc(Cl)c(S(=O)(=O)N(C)C)c1O)C(C)(C)C. The first-order chi connectivity index (χ1) is 13.2. The van der Waals surface area contributed by atoms with Crippen molar-refractivity contribution < 1.29 is 23.1 Å². The Labute approximate surface area is 176 Å². The van der Waals surface area contributed by atoms with Gasteiger partial charge in [0.15, 0.2) is 5.75 Å². The second-order valence-corrected chi connectivity index (χ2v) is 10.9. The number of benzene rings is 1. The average Bonchev–Trinajstić information content (AvgIpc) is 2.60. The molecular formula is C19H28ClN3O5S. The van der Waals surface area contributed by atoms with Crippen molar-refractivity contribution >= 4 is 38.9 Å². The molecule has 0 spiro atoms. The summed E-state index contributed by atoms with van der Waals surface area (Å²) in [6.07, 6.45) is 0.756. The van der Waals surface area contributed by atoms with Gasteiger partial charge in [-0.05, 0) is 24.0 Å². The van der Waals surface area contributed by atoms with Gasteiger partial charge in [0.2, 0.25) is 21.6 Å². The summed E-state index contributed by atoms with van der Waals surface area (Å²) in [5.74, 6) is -1.77. The first-order valence-electron chi connectivity index (χ1n) is 9.28. The Hall–Kier alpha value is -1.68.